The Morgan fingerprint density at radius 3 is 2.67 bits per heavy atom. The Kier molecular flexibility index (Phi) is 4.72. The number of aryl methyl sites for hydroxylation is 3. The van der Waals surface area contributed by atoms with Gasteiger partial charge in [0.25, 0.3) is 0 Å². The van der Waals surface area contributed by atoms with Crippen molar-refractivity contribution < 1.29 is 4.42 Å². The van der Waals surface area contributed by atoms with Gasteiger partial charge < -0.3 is 4.42 Å². The third kappa shape index (κ3) is 3.75. The first kappa shape index (κ1) is 17.4. The van der Waals surface area contributed by atoms with Gasteiger partial charge in [0.05, 0.1) is 11.4 Å². The minimum atomic E-state index is 0.490. The molecule has 27 heavy (non-hydrogen) atoms. The topological polar surface area (TPSA) is 82.5 Å². The summed E-state index contributed by atoms with van der Waals surface area (Å²) in [5.74, 6) is 1.54. The summed E-state index contributed by atoms with van der Waals surface area (Å²) in [5, 5.41) is 21.0. The van der Waals surface area contributed by atoms with E-state index in [1.807, 2.05) is 37.3 Å². The zero-order valence-electron chi connectivity index (χ0n) is 15.2. The standard InChI is InChI=1S/C19H18N6OS/c1-12-5-4-6-15(9-12)18-21-20-17(26-18)11-27-19-22-23-24-25(19)16-8-7-13(2)14(3)10-16/h4-10H,11H2,1-3H3. The van der Waals surface area contributed by atoms with E-state index in [-0.39, 0.29) is 0 Å². The molecule has 4 rings (SSSR count). The van der Waals surface area contributed by atoms with Crippen molar-refractivity contribution in [2.24, 2.45) is 0 Å². The molecule has 7 nitrogen and oxygen atoms in total. The fourth-order valence-corrected chi connectivity index (χ4v) is 3.35. The number of rotatable bonds is 5. The third-order valence-corrected chi connectivity index (χ3v) is 5.14. The maximum absolute atomic E-state index is 5.78. The molecule has 0 unspecified atom stereocenters. The van der Waals surface area contributed by atoms with Crippen molar-refractivity contribution in [3.63, 3.8) is 0 Å². The average molecular weight is 378 g/mol. The van der Waals surface area contributed by atoms with Crippen molar-refractivity contribution in [1.29, 1.82) is 0 Å². The van der Waals surface area contributed by atoms with Crippen LogP contribution in [-0.2, 0) is 5.75 Å². The molecule has 0 atom stereocenters. The molecule has 0 amide bonds. The molecule has 2 heterocycles. The third-order valence-electron chi connectivity index (χ3n) is 4.23. The number of nitrogens with zero attached hydrogens (tertiary/aromatic N) is 6. The molecular formula is C19H18N6OS. The van der Waals surface area contributed by atoms with Crippen LogP contribution in [0, 0.1) is 20.8 Å². The summed E-state index contributed by atoms with van der Waals surface area (Å²) >= 11 is 1.45. The van der Waals surface area contributed by atoms with E-state index in [0.29, 0.717) is 22.7 Å². The minimum absolute atomic E-state index is 0.490. The van der Waals surface area contributed by atoms with E-state index >= 15 is 0 Å². The molecule has 2 aromatic heterocycles. The van der Waals surface area contributed by atoms with E-state index in [0.717, 1.165) is 16.8 Å². The maximum atomic E-state index is 5.78. The second-order valence-electron chi connectivity index (χ2n) is 6.30. The van der Waals surface area contributed by atoms with E-state index in [2.05, 4.69) is 51.7 Å². The summed E-state index contributed by atoms with van der Waals surface area (Å²) in [6, 6.07) is 14.1. The van der Waals surface area contributed by atoms with Gasteiger partial charge in [0.2, 0.25) is 16.9 Å². The Morgan fingerprint density at radius 2 is 1.85 bits per heavy atom. The molecule has 0 saturated heterocycles. The van der Waals surface area contributed by atoms with Crippen molar-refractivity contribution in [3.8, 4) is 17.1 Å². The molecule has 0 radical (unpaired) electrons. The lowest BCUT2D eigenvalue weighted by molar-refractivity contribution is 0.528. The summed E-state index contributed by atoms with van der Waals surface area (Å²) in [6.07, 6.45) is 0. The lowest BCUT2D eigenvalue weighted by atomic mass is 10.1. The Bertz CT molecular complexity index is 1090. The van der Waals surface area contributed by atoms with Crippen LogP contribution in [0.25, 0.3) is 17.1 Å². The molecule has 0 aliphatic rings. The Labute approximate surface area is 160 Å². The van der Waals surface area contributed by atoms with Gasteiger partial charge in [0.15, 0.2) is 0 Å². The largest absolute Gasteiger partial charge is 0.420 e. The predicted octanol–water partition coefficient (Wildman–Crippen LogP) is 3.93. The van der Waals surface area contributed by atoms with Crippen LogP contribution in [0.2, 0.25) is 0 Å². The second-order valence-corrected chi connectivity index (χ2v) is 7.24. The second kappa shape index (κ2) is 7.32. The van der Waals surface area contributed by atoms with Crippen LogP contribution in [0.15, 0.2) is 52.0 Å². The van der Waals surface area contributed by atoms with Crippen LogP contribution in [-0.4, -0.2) is 30.4 Å². The SMILES string of the molecule is Cc1cccc(-c2nnc(CSc3nnnn3-c3ccc(C)c(C)c3)o2)c1. The van der Waals surface area contributed by atoms with Gasteiger partial charge in [-0.2, -0.15) is 4.68 Å². The van der Waals surface area contributed by atoms with Crippen LogP contribution >= 0.6 is 11.8 Å². The highest BCUT2D eigenvalue weighted by atomic mass is 32.2. The summed E-state index contributed by atoms with van der Waals surface area (Å²) in [4.78, 5) is 0. The maximum Gasteiger partial charge on any atom is 0.247 e. The number of tetrazole rings is 1. The molecule has 136 valence electrons. The van der Waals surface area contributed by atoms with Crippen LogP contribution in [0.5, 0.6) is 0 Å². The molecule has 0 saturated carbocycles. The zero-order chi connectivity index (χ0) is 18.8. The number of thioether (sulfide) groups is 1. The Balaban J connectivity index is 1.50. The molecule has 0 aliphatic carbocycles. The molecule has 4 aromatic rings. The van der Waals surface area contributed by atoms with Gasteiger partial charge in [-0.1, -0.05) is 35.5 Å². The molecular weight excluding hydrogens is 360 g/mol. The minimum Gasteiger partial charge on any atom is -0.420 e. The Morgan fingerprint density at radius 1 is 0.963 bits per heavy atom. The van der Waals surface area contributed by atoms with Gasteiger partial charge in [-0.25, -0.2) is 0 Å². The van der Waals surface area contributed by atoms with Crippen LogP contribution < -0.4 is 0 Å². The van der Waals surface area contributed by atoms with Gasteiger partial charge in [0, 0.05) is 5.56 Å². The average Bonchev–Trinajstić information content (AvgIpc) is 3.31. The van der Waals surface area contributed by atoms with Gasteiger partial charge in [-0.05, 0) is 66.6 Å². The van der Waals surface area contributed by atoms with Crippen LogP contribution in [0.4, 0.5) is 0 Å². The van der Waals surface area contributed by atoms with Gasteiger partial charge >= 0.3 is 0 Å². The zero-order valence-corrected chi connectivity index (χ0v) is 16.1. The highest BCUT2D eigenvalue weighted by Crippen LogP contribution is 2.25. The normalized spacial score (nSPS) is 11.1. The fourth-order valence-electron chi connectivity index (χ4n) is 2.62. The van der Waals surface area contributed by atoms with Gasteiger partial charge in [0.1, 0.15) is 0 Å². The van der Waals surface area contributed by atoms with E-state index in [1.165, 1.54) is 22.9 Å². The first-order valence-electron chi connectivity index (χ1n) is 8.48. The van der Waals surface area contributed by atoms with Crippen LogP contribution in [0.1, 0.15) is 22.6 Å². The van der Waals surface area contributed by atoms with Crippen molar-refractivity contribution >= 4 is 11.8 Å². The van der Waals surface area contributed by atoms with Crippen molar-refractivity contribution in [3.05, 3.63) is 65.0 Å². The van der Waals surface area contributed by atoms with Gasteiger partial charge in [-0.15, -0.1) is 15.3 Å². The first-order valence-corrected chi connectivity index (χ1v) is 9.47. The first-order chi connectivity index (χ1) is 13.1. The molecule has 2 aromatic carbocycles. The van der Waals surface area contributed by atoms with Crippen LogP contribution in [0.3, 0.4) is 0 Å². The highest BCUT2D eigenvalue weighted by molar-refractivity contribution is 7.98. The van der Waals surface area contributed by atoms with Gasteiger partial charge in [-0.3, -0.25) is 0 Å². The number of aromatic nitrogens is 6. The molecule has 0 spiro atoms. The lowest BCUT2D eigenvalue weighted by Crippen LogP contribution is -2.00. The lowest BCUT2D eigenvalue weighted by Gasteiger charge is -2.06. The van der Waals surface area contributed by atoms with Crippen molar-refractivity contribution in [1.82, 2.24) is 30.4 Å². The summed E-state index contributed by atoms with van der Waals surface area (Å²) < 4.78 is 7.50. The fraction of sp³-hybridized carbons (Fsp3) is 0.211. The van der Waals surface area contributed by atoms with E-state index < -0.39 is 0 Å². The molecule has 8 heteroatoms. The highest BCUT2D eigenvalue weighted by Gasteiger charge is 2.13. The summed E-state index contributed by atoms with van der Waals surface area (Å²) in [7, 11) is 0. The van der Waals surface area contributed by atoms with Crippen molar-refractivity contribution in [2.75, 3.05) is 0 Å². The predicted molar refractivity (Wildman–Crippen MR) is 103 cm³/mol. The summed E-state index contributed by atoms with van der Waals surface area (Å²) in [5.41, 5.74) is 5.42. The molecule has 0 N–H and O–H groups in total. The smallest absolute Gasteiger partial charge is 0.247 e. The number of hydrogen-bond donors (Lipinski definition) is 0. The molecule has 0 fully saturated rings. The van der Waals surface area contributed by atoms with E-state index in [9.17, 15) is 0 Å². The van der Waals surface area contributed by atoms with Crippen molar-refractivity contribution in [2.45, 2.75) is 31.7 Å². The number of hydrogen-bond acceptors (Lipinski definition) is 7. The summed E-state index contributed by atoms with van der Waals surface area (Å²) in [6.45, 7) is 6.18. The van der Waals surface area contributed by atoms with E-state index in [1.54, 1.807) is 4.68 Å². The Hall–Kier alpha value is -3.00. The molecule has 0 aliphatic heterocycles. The monoisotopic (exact) mass is 378 g/mol. The van der Waals surface area contributed by atoms with E-state index in [4.69, 9.17) is 4.42 Å². The molecule has 0 bridgehead atoms. The number of benzene rings is 2. The quantitative estimate of drug-likeness (QED) is 0.487.